The summed E-state index contributed by atoms with van der Waals surface area (Å²) in [6.45, 7) is 3.73. The van der Waals surface area contributed by atoms with Crippen molar-refractivity contribution in [3.63, 3.8) is 0 Å². The van der Waals surface area contributed by atoms with Gasteiger partial charge in [-0.3, -0.25) is 4.99 Å². The second kappa shape index (κ2) is 6.60. The second-order valence-corrected chi connectivity index (χ2v) is 4.24. The number of rotatable bonds is 5. The lowest BCUT2D eigenvalue weighted by Crippen LogP contribution is -2.04. The van der Waals surface area contributed by atoms with Gasteiger partial charge >= 0.3 is 0 Å². The van der Waals surface area contributed by atoms with Crippen LogP contribution < -0.4 is 5.32 Å². The number of aliphatic imine (C=N–C) groups is 1. The van der Waals surface area contributed by atoms with Gasteiger partial charge < -0.3 is 5.32 Å². The van der Waals surface area contributed by atoms with Crippen LogP contribution in [0, 0.1) is 6.92 Å². The number of anilines is 1. The Hall–Kier alpha value is -2.09. The van der Waals surface area contributed by atoms with E-state index in [0.717, 1.165) is 24.3 Å². The second-order valence-electron chi connectivity index (χ2n) is 4.24. The predicted octanol–water partition coefficient (Wildman–Crippen LogP) is 3.53. The first kappa shape index (κ1) is 12.4. The third kappa shape index (κ3) is 4.06. The molecule has 0 aliphatic carbocycles. The molecule has 0 saturated heterocycles. The molecule has 0 saturated carbocycles. The molecule has 0 radical (unpaired) electrons. The summed E-state index contributed by atoms with van der Waals surface area (Å²) >= 11 is 0. The summed E-state index contributed by atoms with van der Waals surface area (Å²) in [6.07, 6.45) is 1.91. The highest BCUT2D eigenvalue weighted by Crippen LogP contribution is 2.07. The van der Waals surface area contributed by atoms with Gasteiger partial charge in [0.25, 0.3) is 0 Å². The van der Waals surface area contributed by atoms with Crippen molar-refractivity contribution in [2.24, 2.45) is 4.99 Å². The molecule has 2 rings (SSSR count). The van der Waals surface area contributed by atoms with Crippen molar-refractivity contribution in [2.75, 3.05) is 18.4 Å². The number of nitrogens with zero attached hydrogens (tertiary/aromatic N) is 1. The Morgan fingerprint density at radius 3 is 2.44 bits per heavy atom. The molecular weight excluding hydrogens is 220 g/mol. The normalized spacial score (nSPS) is 10.7. The topological polar surface area (TPSA) is 24.4 Å². The van der Waals surface area contributed by atoms with Crippen molar-refractivity contribution in [3.8, 4) is 0 Å². The number of aryl methyl sites for hydroxylation is 1. The summed E-state index contributed by atoms with van der Waals surface area (Å²) < 4.78 is 0. The molecule has 18 heavy (non-hydrogen) atoms. The maximum Gasteiger partial charge on any atom is 0.0562 e. The van der Waals surface area contributed by atoms with E-state index in [9.17, 15) is 0 Å². The molecule has 1 N–H and O–H groups in total. The minimum absolute atomic E-state index is 0.781. The molecule has 0 heterocycles. The van der Waals surface area contributed by atoms with E-state index in [1.54, 1.807) is 0 Å². The fourth-order valence-corrected chi connectivity index (χ4v) is 1.65. The van der Waals surface area contributed by atoms with Gasteiger partial charge in [0, 0.05) is 18.4 Å². The van der Waals surface area contributed by atoms with Crippen LogP contribution in [0.5, 0.6) is 0 Å². The van der Waals surface area contributed by atoms with Gasteiger partial charge in [-0.2, -0.15) is 0 Å². The van der Waals surface area contributed by atoms with Gasteiger partial charge in [-0.05, 0) is 24.6 Å². The van der Waals surface area contributed by atoms with Crippen LogP contribution in [0.1, 0.15) is 11.1 Å². The Morgan fingerprint density at radius 1 is 1.00 bits per heavy atom. The Kier molecular flexibility index (Phi) is 4.53. The van der Waals surface area contributed by atoms with Crippen LogP contribution >= 0.6 is 0 Å². The fraction of sp³-hybridized carbons (Fsp3) is 0.188. The van der Waals surface area contributed by atoms with E-state index in [0.29, 0.717) is 0 Å². The molecule has 0 atom stereocenters. The van der Waals surface area contributed by atoms with Crippen LogP contribution in [0.2, 0.25) is 0 Å². The molecule has 92 valence electrons. The summed E-state index contributed by atoms with van der Waals surface area (Å²) in [4.78, 5) is 4.39. The predicted molar refractivity (Wildman–Crippen MR) is 78.6 cm³/mol. The van der Waals surface area contributed by atoms with E-state index in [2.05, 4.69) is 53.6 Å². The minimum Gasteiger partial charge on any atom is -0.383 e. The molecule has 0 unspecified atom stereocenters. The van der Waals surface area contributed by atoms with E-state index in [1.807, 2.05) is 24.4 Å². The summed E-state index contributed by atoms with van der Waals surface area (Å²) in [5.41, 5.74) is 3.57. The molecule has 0 spiro atoms. The molecule has 0 aliphatic heterocycles. The average Bonchev–Trinajstić information content (AvgIpc) is 2.42. The standard InChI is InChI=1S/C16H18N2/c1-14-7-9-16(10-8-14)18-12-11-17-13-15-5-3-2-4-6-15/h2-10,13,18H,11-12H2,1H3. The molecule has 0 amide bonds. The van der Waals surface area contributed by atoms with Crippen LogP contribution in [-0.2, 0) is 0 Å². The van der Waals surface area contributed by atoms with Crippen molar-refractivity contribution < 1.29 is 0 Å². The third-order valence-electron chi connectivity index (χ3n) is 2.66. The van der Waals surface area contributed by atoms with Gasteiger partial charge in [0.1, 0.15) is 0 Å². The van der Waals surface area contributed by atoms with E-state index in [-0.39, 0.29) is 0 Å². The summed E-state index contributed by atoms with van der Waals surface area (Å²) in [6, 6.07) is 18.6. The number of hydrogen-bond donors (Lipinski definition) is 1. The van der Waals surface area contributed by atoms with E-state index >= 15 is 0 Å². The zero-order valence-electron chi connectivity index (χ0n) is 10.6. The van der Waals surface area contributed by atoms with Crippen LogP contribution in [0.3, 0.4) is 0 Å². The molecule has 0 aliphatic rings. The van der Waals surface area contributed by atoms with Gasteiger partial charge in [0.2, 0.25) is 0 Å². The maximum absolute atomic E-state index is 4.39. The zero-order chi connectivity index (χ0) is 12.6. The third-order valence-corrected chi connectivity index (χ3v) is 2.66. The Bertz CT molecular complexity index is 486. The first-order valence-corrected chi connectivity index (χ1v) is 6.20. The monoisotopic (exact) mass is 238 g/mol. The number of nitrogens with one attached hydrogen (secondary N) is 1. The highest BCUT2D eigenvalue weighted by molar-refractivity contribution is 5.79. The van der Waals surface area contributed by atoms with Crippen LogP contribution in [0.4, 0.5) is 5.69 Å². The van der Waals surface area contributed by atoms with Gasteiger partial charge in [-0.25, -0.2) is 0 Å². The van der Waals surface area contributed by atoms with Crippen LogP contribution in [0.15, 0.2) is 59.6 Å². The Labute approximate surface area is 108 Å². The average molecular weight is 238 g/mol. The van der Waals surface area contributed by atoms with E-state index < -0.39 is 0 Å². The maximum atomic E-state index is 4.39. The highest BCUT2D eigenvalue weighted by Gasteiger charge is 1.90. The molecule has 2 aromatic carbocycles. The molecule has 0 bridgehead atoms. The van der Waals surface area contributed by atoms with Gasteiger partial charge in [-0.15, -0.1) is 0 Å². The van der Waals surface area contributed by atoms with Crippen LogP contribution in [-0.4, -0.2) is 19.3 Å². The quantitative estimate of drug-likeness (QED) is 0.625. The molecule has 0 aromatic heterocycles. The van der Waals surface area contributed by atoms with Gasteiger partial charge in [0.15, 0.2) is 0 Å². The first-order chi connectivity index (χ1) is 8.84. The number of hydrogen-bond acceptors (Lipinski definition) is 2. The largest absolute Gasteiger partial charge is 0.383 e. The summed E-state index contributed by atoms with van der Waals surface area (Å²) in [5, 5.41) is 3.34. The smallest absolute Gasteiger partial charge is 0.0562 e. The molecular formula is C16H18N2. The minimum atomic E-state index is 0.781. The SMILES string of the molecule is Cc1ccc(NCCN=Cc2ccccc2)cc1. The fourth-order valence-electron chi connectivity index (χ4n) is 1.65. The molecule has 2 aromatic rings. The Morgan fingerprint density at radius 2 is 1.72 bits per heavy atom. The lowest BCUT2D eigenvalue weighted by molar-refractivity contribution is 1.03. The van der Waals surface area contributed by atoms with Crippen molar-refractivity contribution in [1.82, 2.24) is 0 Å². The van der Waals surface area contributed by atoms with Crippen LogP contribution in [0.25, 0.3) is 0 Å². The van der Waals surface area contributed by atoms with Crippen molar-refractivity contribution in [3.05, 3.63) is 65.7 Å². The number of benzene rings is 2. The lowest BCUT2D eigenvalue weighted by atomic mass is 10.2. The summed E-state index contributed by atoms with van der Waals surface area (Å²) in [5.74, 6) is 0. The lowest BCUT2D eigenvalue weighted by Gasteiger charge is -2.04. The Balaban J connectivity index is 1.73. The van der Waals surface area contributed by atoms with Crippen molar-refractivity contribution in [2.45, 2.75) is 6.92 Å². The van der Waals surface area contributed by atoms with Crippen molar-refractivity contribution >= 4 is 11.9 Å². The molecule has 0 fully saturated rings. The highest BCUT2D eigenvalue weighted by atomic mass is 14.9. The van der Waals surface area contributed by atoms with E-state index in [1.165, 1.54) is 5.56 Å². The van der Waals surface area contributed by atoms with Gasteiger partial charge in [0.05, 0.1) is 6.54 Å². The first-order valence-electron chi connectivity index (χ1n) is 6.20. The van der Waals surface area contributed by atoms with E-state index in [4.69, 9.17) is 0 Å². The summed E-state index contributed by atoms with van der Waals surface area (Å²) in [7, 11) is 0. The molecule has 2 nitrogen and oxygen atoms in total. The van der Waals surface area contributed by atoms with Crippen molar-refractivity contribution in [1.29, 1.82) is 0 Å². The van der Waals surface area contributed by atoms with Gasteiger partial charge in [-0.1, -0.05) is 48.0 Å². The molecule has 2 heteroatoms. The zero-order valence-corrected chi connectivity index (χ0v) is 10.6.